The van der Waals surface area contributed by atoms with Gasteiger partial charge in [0.25, 0.3) is 0 Å². The molecule has 0 radical (unpaired) electrons. The zero-order chi connectivity index (χ0) is 9.84. The van der Waals surface area contributed by atoms with Crippen LogP contribution in [0.25, 0.3) is 0 Å². The van der Waals surface area contributed by atoms with Crippen molar-refractivity contribution in [3.8, 4) is 0 Å². The van der Waals surface area contributed by atoms with Crippen molar-refractivity contribution < 1.29 is 13.6 Å². The minimum absolute atomic E-state index is 0.0550. The first-order valence-electron chi connectivity index (χ1n) is 3.44. The number of hydrogen-bond acceptors (Lipinski definition) is 2. The van der Waals surface area contributed by atoms with Gasteiger partial charge in [-0.2, -0.15) is 0 Å². The standard InChI is InChI=1S/C8H7ClO3S/c9-8-2-1-6(4-10)3-7(8)5-13(11)12/h1-4H,5H2,(H,11,12). The fraction of sp³-hybridized carbons (Fsp3) is 0.125. The Morgan fingerprint density at radius 1 is 1.54 bits per heavy atom. The Hall–Kier alpha value is -0.710. The first-order chi connectivity index (χ1) is 6.13. The third-order valence-corrected chi connectivity index (χ3v) is 2.41. The predicted octanol–water partition coefficient (Wildman–Crippen LogP) is 1.87. The van der Waals surface area contributed by atoms with Crippen molar-refractivity contribution in [3.63, 3.8) is 0 Å². The van der Waals surface area contributed by atoms with Gasteiger partial charge in [-0.05, 0) is 17.7 Å². The van der Waals surface area contributed by atoms with Crippen LogP contribution in [0.1, 0.15) is 15.9 Å². The molecule has 1 aromatic carbocycles. The van der Waals surface area contributed by atoms with Crippen LogP contribution in [0.3, 0.4) is 0 Å². The second kappa shape index (κ2) is 4.50. The molecular weight excluding hydrogens is 212 g/mol. The molecule has 0 spiro atoms. The van der Waals surface area contributed by atoms with Crippen LogP contribution in [0.4, 0.5) is 0 Å². The van der Waals surface area contributed by atoms with Crippen molar-refractivity contribution in [2.75, 3.05) is 0 Å². The summed E-state index contributed by atoms with van der Waals surface area (Å²) in [6, 6.07) is 4.59. The third kappa shape index (κ3) is 2.91. The van der Waals surface area contributed by atoms with Crippen LogP contribution >= 0.6 is 11.6 Å². The SMILES string of the molecule is O=Cc1ccc(Cl)c(CS(=O)O)c1. The third-order valence-electron chi connectivity index (χ3n) is 1.48. The average molecular weight is 219 g/mol. The highest BCUT2D eigenvalue weighted by molar-refractivity contribution is 7.78. The summed E-state index contributed by atoms with van der Waals surface area (Å²) in [6.45, 7) is 0. The van der Waals surface area contributed by atoms with Gasteiger partial charge >= 0.3 is 0 Å². The molecule has 0 amide bonds. The molecule has 0 fully saturated rings. The first-order valence-corrected chi connectivity index (χ1v) is 5.10. The summed E-state index contributed by atoms with van der Waals surface area (Å²) in [7, 11) is 0. The molecule has 0 aliphatic heterocycles. The first kappa shape index (κ1) is 10.4. The van der Waals surface area contributed by atoms with E-state index in [1.165, 1.54) is 12.1 Å². The molecule has 0 saturated heterocycles. The monoisotopic (exact) mass is 218 g/mol. The highest BCUT2D eigenvalue weighted by Gasteiger charge is 2.04. The Morgan fingerprint density at radius 2 is 2.23 bits per heavy atom. The summed E-state index contributed by atoms with van der Waals surface area (Å²) in [5, 5.41) is 0.396. The molecule has 1 rings (SSSR count). The van der Waals surface area contributed by atoms with Crippen LogP contribution in [0.5, 0.6) is 0 Å². The van der Waals surface area contributed by atoms with Gasteiger partial charge in [-0.1, -0.05) is 17.7 Å². The highest BCUT2D eigenvalue weighted by atomic mass is 35.5. The van der Waals surface area contributed by atoms with Gasteiger partial charge in [-0.15, -0.1) is 0 Å². The number of carbonyl (C=O) groups is 1. The maximum Gasteiger partial charge on any atom is 0.157 e. The maximum absolute atomic E-state index is 10.5. The van der Waals surface area contributed by atoms with Gasteiger partial charge in [0.15, 0.2) is 11.1 Å². The number of benzene rings is 1. The molecule has 70 valence electrons. The van der Waals surface area contributed by atoms with Gasteiger partial charge in [0.2, 0.25) is 0 Å². The van der Waals surface area contributed by atoms with Crippen molar-refractivity contribution in [1.29, 1.82) is 0 Å². The number of halogens is 1. The van der Waals surface area contributed by atoms with E-state index in [4.69, 9.17) is 16.2 Å². The van der Waals surface area contributed by atoms with E-state index in [1.807, 2.05) is 0 Å². The minimum Gasteiger partial charge on any atom is -0.306 e. The number of rotatable bonds is 3. The lowest BCUT2D eigenvalue weighted by molar-refractivity contribution is 0.112. The summed E-state index contributed by atoms with van der Waals surface area (Å²) < 4.78 is 19.1. The summed E-state index contributed by atoms with van der Waals surface area (Å²) >= 11 is 3.80. The van der Waals surface area contributed by atoms with Crippen LogP contribution in [0.15, 0.2) is 18.2 Å². The Bertz CT molecular complexity index is 351. The Labute approximate surface area is 83.0 Å². The molecule has 1 unspecified atom stereocenters. The van der Waals surface area contributed by atoms with E-state index >= 15 is 0 Å². The molecule has 0 saturated carbocycles. The Kier molecular flexibility index (Phi) is 3.59. The fourth-order valence-electron chi connectivity index (χ4n) is 0.912. The molecular formula is C8H7ClO3S. The van der Waals surface area contributed by atoms with Gasteiger partial charge in [-0.25, -0.2) is 4.21 Å². The Morgan fingerprint density at radius 3 is 2.77 bits per heavy atom. The molecule has 0 aliphatic rings. The summed E-state index contributed by atoms with van der Waals surface area (Å²) in [6.07, 6.45) is 0.667. The van der Waals surface area contributed by atoms with Crippen molar-refractivity contribution >= 4 is 29.0 Å². The van der Waals surface area contributed by atoms with E-state index < -0.39 is 11.1 Å². The van der Waals surface area contributed by atoms with Crippen LogP contribution in [0, 0.1) is 0 Å². The Balaban J connectivity index is 3.03. The maximum atomic E-state index is 10.5. The molecule has 1 aromatic rings. The quantitative estimate of drug-likeness (QED) is 0.623. The summed E-state index contributed by atoms with van der Waals surface area (Å²) in [5.74, 6) is -0.0550. The zero-order valence-corrected chi connectivity index (χ0v) is 8.14. The van der Waals surface area contributed by atoms with Gasteiger partial charge < -0.3 is 4.55 Å². The lowest BCUT2D eigenvalue weighted by atomic mass is 10.1. The molecule has 0 heterocycles. The van der Waals surface area contributed by atoms with Gasteiger partial charge in [0.1, 0.15) is 6.29 Å². The number of hydrogen-bond donors (Lipinski definition) is 1. The zero-order valence-electron chi connectivity index (χ0n) is 6.57. The van der Waals surface area contributed by atoms with Crippen LogP contribution in [-0.4, -0.2) is 15.0 Å². The molecule has 1 N–H and O–H groups in total. The van der Waals surface area contributed by atoms with E-state index in [2.05, 4.69) is 0 Å². The van der Waals surface area contributed by atoms with E-state index in [1.54, 1.807) is 6.07 Å². The predicted molar refractivity (Wildman–Crippen MR) is 51.3 cm³/mol. The van der Waals surface area contributed by atoms with E-state index in [0.29, 0.717) is 22.4 Å². The molecule has 13 heavy (non-hydrogen) atoms. The average Bonchev–Trinajstić information content (AvgIpc) is 2.08. The second-order valence-corrected chi connectivity index (χ2v) is 3.77. The van der Waals surface area contributed by atoms with Gasteiger partial charge in [0, 0.05) is 10.6 Å². The summed E-state index contributed by atoms with van der Waals surface area (Å²) in [5.41, 5.74) is 0.956. The smallest absolute Gasteiger partial charge is 0.157 e. The lowest BCUT2D eigenvalue weighted by Gasteiger charge is -2.01. The largest absolute Gasteiger partial charge is 0.306 e. The van der Waals surface area contributed by atoms with Crippen molar-refractivity contribution in [3.05, 3.63) is 34.3 Å². The van der Waals surface area contributed by atoms with Gasteiger partial charge in [0.05, 0.1) is 5.75 Å². The number of aldehydes is 1. The summed E-state index contributed by atoms with van der Waals surface area (Å²) in [4.78, 5) is 10.4. The minimum atomic E-state index is -1.94. The van der Waals surface area contributed by atoms with Crippen molar-refractivity contribution in [2.45, 2.75) is 5.75 Å². The van der Waals surface area contributed by atoms with Crippen LogP contribution in [-0.2, 0) is 16.8 Å². The van der Waals surface area contributed by atoms with Crippen LogP contribution in [0.2, 0.25) is 5.02 Å². The topological polar surface area (TPSA) is 54.4 Å². The molecule has 5 heteroatoms. The lowest BCUT2D eigenvalue weighted by Crippen LogP contribution is -1.95. The normalized spacial score (nSPS) is 12.5. The second-order valence-electron chi connectivity index (χ2n) is 2.43. The van der Waals surface area contributed by atoms with Gasteiger partial charge in [-0.3, -0.25) is 4.79 Å². The van der Waals surface area contributed by atoms with Crippen LogP contribution < -0.4 is 0 Å². The highest BCUT2D eigenvalue weighted by Crippen LogP contribution is 2.18. The molecule has 3 nitrogen and oxygen atoms in total. The van der Waals surface area contributed by atoms with E-state index in [9.17, 15) is 9.00 Å². The number of carbonyl (C=O) groups excluding carboxylic acids is 1. The van der Waals surface area contributed by atoms with E-state index in [-0.39, 0.29) is 5.75 Å². The molecule has 0 aliphatic carbocycles. The van der Waals surface area contributed by atoms with Crippen molar-refractivity contribution in [1.82, 2.24) is 0 Å². The molecule has 0 bridgehead atoms. The fourth-order valence-corrected chi connectivity index (χ4v) is 1.68. The van der Waals surface area contributed by atoms with Crippen molar-refractivity contribution in [2.24, 2.45) is 0 Å². The molecule has 1 atom stereocenters. The molecule has 0 aromatic heterocycles. The van der Waals surface area contributed by atoms with E-state index in [0.717, 1.165) is 0 Å².